The van der Waals surface area contributed by atoms with Gasteiger partial charge in [0.25, 0.3) is 0 Å². The fourth-order valence-electron chi connectivity index (χ4n) is 2.55. The summed E-state index contributed by atoms with van der Waals surface area (Å²) in [5.74, 6) is 0.662. The average molecular weight is 244 g/mol. The quantitative estimate of drug-likeness (QED) is 0.748. The molecule has 0 aromatic heterocycles. The van der Waals surface area contributed by atoms with Gasteiger partial charge in [-0.25, -0.2) is 0 Å². The first-order valence-electron chi connectivity index (χ1n) is 7.07. The van der Waals surface area contributed by atoms with Crippen LogP contribution < -0.4 is 0 Å². The van der Waals surface area contributed by atoms with Crippen LogP contribution >= 0.6 is 0 Å². The molecule has 1 saturated heterocycles. The lowest BCUT2D eigenvalue weighted by atomic mass is 9.90. The van der Waals surface area contributed by atoms with E-state index in [0.717, 1.165) is 32.3 Å². The van der Waals surface area contributed by atoms with E-state index in [2.05, 4.69) is 20.8 Å². The van der Waals surface area contributed by atoms with Crippen LogP contribution in [0.1, 0.15) is 52.9 Å². The minimum absolute atomic E-state index is 0.0537. The molecule has 17 heavy (non-hydrogen) atoms. The Kier molecular flexibility index (Phi) is 7.09. The molecule has 1 N–H and O–H groups in total. The molecule has 3 nitrogen and oxygen atoms in total. The standard InChI is InChI=1S/C14H28O3/c1-4-7-11(2)14(12(3)10-15)17-13-8-5-6-9-16-13/h11-15H,4-10H2,1-3H3/t11-,12-,13?,14+/m1/s1. The van der Waals surface area contributed by atoms with Gasteiger partial charge in [0.1, 0.15) is 0 Å². The van der Waals surface area contributed by atoms with E-state index in [9.17, 15) is 5.11 Å². The Morgan fingerprint density at radius 2 is 2.06 bits per heavy atom. The summed E-state index contributed by atoms with van der Waals surface area (Å²) < 4.78 is 11.7. The van der Waals surface area contributed by atoms with Crippen molar-refractivity contribution < 1.29 is 14.6 Å². The Morgan fingerprint density at radius 1 is 1.29 bits per heavy atom. The minimum atomic E-state index is -0.0537. The highest BCUT2D eigenvalue weighted by Gasteiger charge is 2.28. The Labute approximate surface area is 105 Å². The lowest BCUT2D eigenvalue weighted by Crippen LogP contribution is -2.37. The predicted octanol–water partition coefficient (Wildman–Crippen LogP) is 2.96. The second-order valence-corrected chi connectivity index (χ2v) is 5.32. The predicted molar refractivity (Wildman–Crippen MR) is 68.8 cm³/mol. The zero-order valence-electron chi connectivity index (χ0n) is 11.5. The molecule has 0 aliphatic carbocycles. The maximum absolute atomic E-state index is 9.33. The molecule has 1 unspecified atom stereocenters. The normalized spacial score (nSPS) is 26.5. The van der Waals surface area contributed by atoms with Crippen molar-refractivity contribution in [2.45, 2.75) is 65.3 Å². The van der Waals surface area contributed by atoms with E-state index in [-0.39, 0.29) is 24.9 Å². The highest BCUT2D eigenvalue weighted by molar-refractivity contribution is 4.73. The Hall–Kier alpha value is -0.120. The van der Waals surface area contributed by atoms with Crippen LogP contribution in [0.3, 0.4) is 0 Å². The van der Waals surface area contributed by atoms with Crippen LogP contribution in [0.15, 0.2) is 0 Å². The molecule has 0 aromatic carbocycles. The topological polar surface area (TPSA) is 38.7 Å². The Bertz CT molecular complexity index is 190. The van der Waals surface area contributed by atoms with E-state index in [0.29, 0.717) is 5.92 Å². The van der Waals surface area contributed by atoms with Gasteiger partial charge in [-0.1, -0.05) is 27.2 Å². The van der Waals surface area contributed by atoms with E-state index in [4.69, 9.17) is 9.47 Å². The molecule has 0 saturated carbocycles. The number of hydrogen-bond acceptors (Lipinski definition) is 3. The second kappa shape index (κ2) is 8.06. The van der Waals surface area contributed by atoms with Crippen molar-refractivity contribution in [3.63, 3.8) is 0 Å². The third-order valence-electron chi connectivity index (χ3n) is 3.60. The first-order chi connectivity index (χ1) is 8.19. The summed E-state index contributed by atoms with van der Waals surface area (Å²) in [5.41, 5.74) is 0. The molecule has 0 amide bonds. The largest absolute Gasteiger partial charge is 0.396 e. The van der Waals surface area contributed by atoms with Crippen molar-refractivity contribution in [1.82, 2.24) is 0 Å². The number of aliphatic hydroxyl groups excluding tert-OH is 1. The fourth-order valence-corrected chi connectivity index (χ4v) is 2.55. The highest BCUT2D eigenvalue weighted by Crippen LogP contribution is 2.25. The lowest BCUT2D eigenvalue weighted by Gasteiger charge is -2.34. The zero-order valence-corrected chi connectivity index (χ0v) is 11.5. The molecule has 3 heteroatoms. The molecule has 0 aromatic rings. The average Bonchev–Trinajstić information content (AvgIpc) is 2.36. The van der Waals surface area contributed by atoms with Gasteiger partial charge in [0.15, 0.2) is 6.29 Å². The van der Waals surface area contributed by atoms with Crippen molar-refractivity contribution in [1.29, 1.82) is 0 Å². The van der Waals surface area contributed by atoms with E-state index < -0.39 is 0 Å². The van der Waals surface area contributed by atoms with Gasteiger partial charge < -0.3 is 14.6 Å². The first-order valence-corrected chi connectivity index (χ1v) is 7.07. The highest BCUT2D eigenvalue weighted by atomic mass is 16.7. The summed E-state index contributed by atoms with van der Waals surface area (Å²) in [6.07, 6.45) is 5.68. The molecule has 0 radical (unpaired) electrons. The SMILES string of the molecule is CCC[C@@H](C)[C@H](OC1CCCCO1)[C@H](C)CO. The van der Waals surface area contributed by atoms with Crippen molar-refractivity contribution in [3.05, 3.63) is 0 Å². The monoisotopic (exact) mass is 244 g/mol. The lowest BCUT2D eigenvalue weighted by molar-refractivity contribution is -0.210. The molecule has 1 fully saturated rings. The first kappa shape index (κ1) is 14.9. The third-order valence-corrected chi connectivity index (χ3v) is 3.60. The van der Waals surface area contributed by atoms with Gasteiger partial charge in [-0.2, -0.15) is 0 Å². The van der Waals surface area contributed by atoms with Crippen LogP contribution in [-0.2, 0) is 9.47 Å². The summed E-state index contributed by atoms with van der Waals surface area (Å²) >= 11 is 0. The van der Waals surface area contributed by atoms with Crippen molar-refractivity contribution >= 4 is 0 Å². The number of rotatable bonds is 7. The molecule has 1 aliphatic rings. The van der Waals surface area contributed by atoms with Crippen LogP contribution in [0, 0.1) is 11.8 Å². The van der Waals surface area contributed by atoms with Crippen LogP contribution in [0.4, 0.5) is 0 Å². The fraction of sp³-hybridized carbons (Fsp3) is 1.00. The van der Waals surface area contributed by atoms with Gasteiger partial charge in [0.05, 0.1) is 6.10 Å². The zero-order chi connectivity index (χ0) is 12.7. The molecular weight excluding hydrogens is 216 g/mol. The van der Waals surface area contributed by atoms with Crippen LogP contribution in [0.2, 0.25) is 0 Å². The summed E-state index contributed by atoms with van der Waals surface area (Å²) in [5, 5.41) is 9.33. The van der Waals surface area contributed by atoms with Crippen molar-refractivity contribution in [2.24, 2.45) is 11.8 Å². The molecule has 1 rings (SSSR count). The van der Waals surface area contributed by atoms with E-state index in [1.165, 1.54) is 6.42 Å². The van der Waals surface area contributed by atoms with Crippen LogP contribution in [0.25, 0.3) is 0 Å². The summed E-state index contributed by atoms with van der Waals surface area (Å²) in [6, 6.07) is 0. The van der Waals surface area contributed by atoms with Gasteiger partial charge in [0, 0.05) is 19.1 Å². The molecule has 1 heterocycles. The van der Waals surface area contributed by atoms with Gasteiger partial charge >= 0.3 is 0 Å². The van der Waals surface area contributed by atoms with Gasteiger partial charge in [-0.05, 0) is 31.6 Å². The number of hydrogen-bond donors (Lipinski definition) is 1. The number of ether oxygens (including phenoxy) is 2. The maximum atomic E-state index is 9.33. The molecule has 1 aliphatic heterocycles. The van der Waals surface area contributed by atoms with E-state index >= 15 is 0 Å². The summed E-state index contributed by atoms with van der Waals surface area (Å²) in [7, 11) is 0. The Balaban J connectivity index is 2.49. The van der Waals surface area contributed by atoms with Gasteiger partial charge in [-0.15, -0.1) is 0 Å². The maximum Gasteiger partial charge on any atom is 0.157 e. The minimum Gasteiger partial charge on any atom is -0.396 e. The summed E-state index contributed by atoms with van der Waals surface area (Å²) in [6.45, 7) is 7.45. The summed E-state index contributed by atoms with van der Waals surface area (Å²) in [4.78, 5) is 0. The third kappa shape index (κ3) is 4.94. The van der Waals surface area contributed by atoms with Crippen molar-refractivity contribution in [2.75, 3.05) is 13.2 Å². The van der Waals surface area contributed by atoms with E-state index in [1.54, 1.807) is 0 Å². The molecular formula is C14H28O3. The van der Waals surface area contributed by atoms with Crippen LogP contribution in [-0.4, -0.2) is 30.7 Å². The second-order valence-electron chi connectivity index (χ2n) is 5.32. The van der Waals surface area contributed by atoms with Crippen LogP contribution in [0.5, 0.6) is 0 Å². The van der Waals surface area contributed by atoms with E-state index in [1.807, 2.05) is 0 Å². The van der Waals surface area contributed by atoms with Crippen molar-refractivity contribution in [3.8, 4) is 0 Å². The van der Waals surface area contributed by atoms with Gasteiger partial charge in [0.2, 0.25) is 0 Å². The number of aliphatic hydroxyl groups is 1. The Morgan fingerprint density at radius 3 is 2.59 bits per heavy atom. The molecule has 0 spiro atoms. The molecule has 0 bridgehead atoms. The molecule has 102 valence electrons. The van der Waals surface area contributed by atoms with Gasteiger partial charge in [-0.3, -0.25) is 0 Å². The molecule has 4 atom stereocenters. The smallest absolute Gasteiger partial charge is 0.157 e.